The number of likely N-dealkylation sites (tertiary alicyclic amines) is 1. The number of hydrogen-bond acceptors (Lipinski definition) is 3. The van der Waals surface area contributed by atoms with Gasteiger partial charge in [-0.1, -0.05) is 11.6 Å². The van der Waals surface area contributed by atoms with E-state index < -0.39 is 5.82 Å². The Kier molecular flexibility index (Phi) is 4.96. The first-order chi connectivity index (χ1) is 9.49. The Bertz CT molecular complexity index is 497. The summed E-state index contributed by atoms with van der Waals surface area (Å²) in [7, 11) is 0. The van der Waals surface area contributed by atoms with E-state index in [-0.39, 0.29) is 10.9 Å². The number of halogens is 2. The Hall–Kier alpha value is -1.17. The molecule has 1 saturated heterocycles. The molecule has 2 atom stereocenters. The van der Waals surface area contributed by atoms with Crippen LogP contribution in [0.15, 0.2) is 18.2 Å². The Morgan fingerprint density at radius 2 is 2.35 bits per heavy atom. The van der Waals surface area contributed by atoms with Crippen LogP contribution < -0.4 is 11.1 Å². The summed E-state index contributed by atoms with van der Waals surface area (Å²) in [5.41, 5.74) is 6.10. The van der Waals surface area contributed by atoms with Crippen LogP contribution >= 0.6 is 11.6 Å². The largest absolute Gasteiger partial charge is 0.330 e. The van der Waals surface area contributed by atoms with Crippen LogP contribution in [0.4, 0.5) is 10.1 Å². The molecular weight excluding hydrogens is 281 g/mol. The van der Waals surface area contributed by atoms with Crippen molar-refractivity contribution in [2.45, 2.75) is 19.4 Å². The number of nitrogens with one attached hydrogen (secondary N) is 1. The minimum atomic E-state index is -0.424. The Balaban J connectivity index is 1.92. The second-order valence-corrected chi connectivity index (χ2v) is 5.70. The van der Waals surface area contributed by atoms with E-state index in [2.05, 4.69) is 17.1 Å². The summed E-state index contributed by atoms with van der Waals surface area (Å²) in [4.78, 5) is 14.1. The molecule has 0 radical (unpaired) electrons. The number of hydrogen-bond donors (Lipinski definition) is 2. The van der Waals surface area contributed by atoms with Gasteiger partial charge in [-0.15, -0.1) is 0 Å². The van der Waals surface area contributed by atoms with Crippen LogP contribution in [0.3, 0.4) is 0 Å². The topological polar surface area (TPSA) is 58.4 Å². The van der Waals surface area contributed by atoms with Gasteiger partial charge < -0.3 is 11.1 Å². The highest BCUT2D eigenvalue weighted by molar-refractivity contribution is 6.33. The maximum absolute atomic E-state index is 12.9. The number of carbonyl (C=O) groups excluding carboxylic acids is 1. The van der Waals surface area contributed by atoms with E-state index in [1.54, 1.807) is 0 Å². The molecule has 20 heavy (non-hydrogen) atoms. The molecular formula is C14H19ClFN3O. The molecule has 0 bridgehead atoms. The summed E-state index contributed by atoms with van der Waals surface area (Å²) < 4.78 is 12.9. The van der Waals surface area contributed by atoms with Gasteiger partial charge in [0, 0.05) is 12.6 Å². The predicted octanol–water partition coefficient (Wildman–Crippen LogP) is 2.09. The molecule has 1 heterocycles. The van der Waals surface area contributed by atoms with Gasteiger partial charge in [-0.2, -0.15) is 0 Å². The number of rotatable bonds is 4. The van der Waals surface area contributed by atoms with E-state index in [9.17, 15) is 9.18 Å². The predicted molar refractivity (Wildman–Crippen MR) is 78.2 cm³/mol. The zero-order valence-corrected chi connectivity index (χ0v) is 12.2. The summed E-state index contributed by atoms with van der Waals surface area (Å²) >= 11 is 5.88. The third kappa shape index (κ3) is 3.69. The standard InChI is InChI=1S/C14H19ClFN3O/c1-9-4-10(6-17)7-19(9)8-14(20)18-13-3-2-11(16)5-12(13)15/h2-3,5,9-10H,4,6-8,17H2,1H3,(H,18,20). The minimum Gasteiger partial charge on any atom is -0.330 e. The number of anilines is 1. The lowest BCUT2D eigenvalue weighted by atomic mass is 10.1. The quantitative estimate of drug-likeness (QED) is 0.895. The monoisotopic (exact) mass is 299 g/mol. The molecule has 2 rings (SSSR count). The Morgan fingerprint density at radius 1 is 1.60 bits per heavy atom. The molecule has 0 aromatic heterocycles. The summed E-state index contributed by atoms with van der Waals surface area (Å²) in [6.07, 6.45) is 1.01. The second-order valence-electron chi connectivity index (χ2n) is 5.29. The molecule has 0 saturated carbocycles. The first kappa shape index (κ1) is 15.2. The van der Waals surface area contributed by atoms with Crippen molar-refractivity contribution in [3.05, 3.63) is 29.0 Å². The molecule has 0 spiro atoms. The molecule has 1 aliphatic heterocycles. The first-order valence-corrected chi connectivity index (χ1v) is 7.06. The van der Waals surface area contributed by atoms with E-state index in [0.29, 0.717) is 30.7 Å². The van der Waals surface area contributed by atoms with Gasteiger partial charge in [0.2, 0.25) is 5.91 Å². The van der Waals surface area contributed by atoms with Crippen LogP contribution in [-0.2, 0) is 4.79 Å². The second kappa shape index (κ2) is 6.52. The van der Waals surface area contributed by atoms with Crippen LogP contribution in [0.5, 0.6) is 0 Å². The molecule has 0 aliphatic carbocycles. The Labute approximate surface area is 123 Å². The van der Waals surface area contributed by atoms with E-state index in [1.165, 1.54) is 18.2 Å². The number of benzene rings is 1. The number of nitrogens with two attached hydrogens (primary N) is 1. The lowest BCUT2D eigenvalue weighted by Crippen LogP contribution is -2.36. The van der Waals surface area contributed by atoms with Crippen LogP contribution in [0, 0.1) is 11.7 Å². The summed E-state index contributed by atoms with van der Waals surface area (Å²) in [5, 5.41) is 2.91. The molecule has 1 aromatic carbocycles. The van der Waals surface area contributed by atoms with E-state index in [1.807, 2.05) is 0 Å². The van der Waals surface area contributed by atoms with Crippen molar-refractivity contribution in [3.8, 4) is 0 Å². The van der Waals surface area contributed by atoms with Gasteiger partial charge in [-0.3, -0.25) is 9.69 Å². The molecule has 110 valence electrons. The molecule has 1 fully saturated rings. The van der Waals surface area contributed by atoms with Crippen molar-refractivity contribution in [1.29, 1.82) is 0 Å². The fourth-order valence-corrected chi connectivity index (χ4v) is 2.79. The number of nitrogens with zero attached hydrogens (tertiary/aromatic N) is 1. The van der Waals surface area contributed by atoms with Crippen LogP contribution in [0.1, 0.15) is 13.3 Å². The fourth-order valence-electron chi connectivity index (χ4n) is 2.57. The van der Waals surface area contributed by atoms with Crippen molar-refractivity contribution in [2.75, 3.05) is 25.0 Å². The average molecular weight is 300 g/mol. The van der Waals surface area contributed by atoms with Crippen molar-refractivity contribution in [3.63, 3.8) is 0 Å². The van der Waals surface area contributed by atoms with Gasteiger partial charge in [0.15, 0.2) is 0 Å². The van der Waals surface area contributed by atoms with Gasteiger partial charge in [-0.05, 0) is 44.0 Å². The minimum absolute atomic E-state index is 0.150. The fraction of sp³-hybridized carbons (Fsp3) is 0.500. The molecule has 4 nitrogen and oxygen atoms in total. The van der Waals surface area contributed by atoms with Gasteiger partial charge >= 0.3 is 0 Å². The summed E-state index contributed by atoms with van der Waals surface area (Å²) in [6.45, 7) is 3.87. The average Bonchev–Trinajstić information content (AvgIpc) is 2.74. The maximum atomic E-state index is 12.9. The van der Waals surface area contributed by atoms with Crippen LogP contribution in [0.25, 0.3) is 0 Å². The van der Waals surface area contributed by atoms with Gasteiger partial charge in [0.05, 0.1) is 17.3 Å². The molecule has 1 aromatic rings. The highest BCUT2D eigenvalue weighted by atomic mass is 35.5. The van der Waals surface area contributed by atoms with E-state index in [0.717, 1.165) is 13.0 Å². The van der Waals surface area contributed by atoms with Crippen molar-refractivity contribution >= 4 is 23.2 Å². The van der Waals surface area contributed by atoms with Crippen molar-refractivity contribution < 1.29 is 9.18 Å². The molecule has 1 amide bonds. The molecule has 6 heteroatoms. The van der Waals surface area contributed by atoms with Crippen molar-refractivity contribution in [1.82, 2.24) is 4.90 Å². The highest BCUT2D eigenvalue weighted by Crippen LogP contribution is 2.24. The normalized spacial score (nSPS) is 23.0. The smallest absolute Gasteiger partial charge is 0.238 e. The van der Waals surface area contributed by atoms with Gasteiger partial charge in [0.25, 0.3) is 0 Å². The number of carbonyl (C=O) groups is 1. The van der Waals surface area contributed by atoms with E-state index in [4.69, 9.17) is 17.3 Å². The number of amides is 1. The Morgan fingerprint density at radius 3 is 2.95 bits per heavy atom. The third-order valence-electron chi connectivity index (χ3n) is 3.68. The maximum Gasteiger partial charge on any atom is 0.238 e. The van der Waals surface area contributed by atoms with Crippen LogP contribution in [0.2, 0.25) is 5.02 Å². The highest BCUT2D eigenvalue weighted by Gasteiger charge is 2.29. The van der Waals surface area contributed by atoms with Crippen molar-refractivity contribution in [2.24, 2.45) is 11.7 Å². The zero-order valence-electron chi connectivity index (χ0n) is 11.4. The zero-order chi connectivity index (χ0) is 14.7. The van der Waals surface area contributed by atoms with E-state index >= 15 is 0 Å². The SMILES string of the molecule is CC1CC(CN)CN1CC(=O)Nc1ccc(F)cc1Cl. The van der Waals surface area contributed by atoms with Crippen LogP contribution in [-0.4, -0.2) is 36.5 Å². The first-order valence-electron chi connectivity index (χ1n) is 6.68. The lowest BCUT2D eigenvalue weighted by molar-refractivity contribution is -0.117. The third-order valence-corrected chi connectivity index (χ3v) is 3.99. The van der Waals surface area contributed by atoms with Gasteiger partial charge in [0.1, 0.15) is 5.82 Å². The molecule has 1 aliphatic rings. The summed E-state index contributed by atoms with van der Waals surface area (Å²) in [6, 6.07) is 4.26. The molecule has 2 unspecified atom stereocenters. The molecule has 3 N–H and O–H groups in total. The lowest BCUT2D eigenvalue weighted by Gasteiger charge is -2.20. The van der Waals surface area contributed by atoms with Gasteiger partial charge in [-0.25, -0.2) is 4.39 Å². The summed E-state index contributed by atoms with van der Waals surface area (Å²) in [5.74, 6) is -0.123.